The summed E-state index contributed by atoms with van der Waals surface area (Å²) in [6.07, 6.45) is 0. The van der Waals surface area contributed by atoms with Gasteiger partial charge in [-0.1, -0.05) is 18.2 Å². The van der Waals surface area contributed by atoms with Crippen LogP contribution in [-0.4, -0.2) is 10.2 Å². The van der Waals surface area contributed by atoms with Crippen molar-refractivity contribution in [3.05, 3.63) is 54.6 Å². The Morgan fingerprint density at radius 2 is 1.58 bits per heavy atom. The summed E-state index contributed by atoms with van der Waals surface area (Å²) in [7, 11) is 0. The highest BCUT2D eigenvalue weighted by Gasteiger charge is 2.27. The molecule has 1 heterocycles. The molecule has 6 heteroatoms. The molecule has 0 unspecified atom stereocenters. The van der Waals surface area contributed by atoms with Crippen LogP contribution < -0.4 is 21.1 Å². The fraction of sp³-hybridized carbons (Fsp3) is 0. The van der Waals surface area contributed by atoms with Crippen LogP contribution in [0.4, 0.5) is 11.4 Å². The normalized spacial score (nSPS) is 14.6. The van der Waals surface area contributed by atoms with Gasteiger partial charge in [0, 0.05) is 0 Å². The topological polar surface area (TPSA) is 50.8 Å². The molecule has 1 aliphatic rings. The van der Waals surface area contributed by atoms with Crippen molar-refractivity contribution in [1.29, 1.82) is 0 Å². The standard InChI is InChI=1S/C13H12N4OS/c18-12-8-6-11(7-9-12)17-15-14-13(19)16(17)10-4-2-1-3-5-10/h1-9,15,18H,(H,14,19). The van der Waals surface area contributed by atoms with Crippen molar-refractivity contribution in [1.82, 2.24) is 11.0 Å². The second kappa shape index (κ2) is 4.75. The van der Waals surface area contributed by atoms with Crippen molar-refractivity contribution < 1.29 is 5.11 Å². The molecule has 3 N–H and O–H groups in total. The molecule has 0 amide bonds. The van der Waals surface area contributed by atoms with Gasteiger partial charge in [-0.05, 0) is 48.6 Å². The summed E-state index contributed by atoms with van der Waals surface area (Å²) in [5.74, 6) is 0.227. The maximum Gasteiger partial charge on any atom is 0.210 e. The van der Waals surface area contributed by atoms with Gasteiger partial charge in [0.1, 0.15) is 5.75 Å². The predicted octanol–water partition coefficient (Wildman–Crippen LogP) is 1.93. The molecule has 19 heavy (non-hydrogen) atoms. The van der Waals surface area contributed by atoms with Gasteiger partial charge in [-0.2, -0.15) is 5.12 Å². The second-order valence-corrected chi connectivity index (χ2v) is 4.40. The number of nitrogens with zero attached hydrogens (tertiary/aromatic N) is 2. The van der Waals surface area contributed by atoms with E-state index in [2.05, 4.69) is 11.0 Å². The second-order valence-electron chi connectivity index (χ2n) is 4.02. The fourth-order valence-electron chi connectivity index (χ4n) is 1.87. The zero-order chi connectivity index (χ0) is 13.2. The molecule has 0 saturated carbocycles. The lowest BCUT2D eigenvalue weighted by Crippen LogP contribution is -2.43. The van der Waals surface area contributed by atoms with Crippen LogP contribution >= 0.6 is 12.2 Å². The molecule has 2 aromatic rings. The summed E-state index contributed by atoms with van der Waals surface area (Å²) >= 11 is 5.29. The van der Waals surface area contributed by atoms with Gasteiger partial charge in [0.2, 0.25) is 5.11 Å². The quantitative estimate of drug-likeness (QED) is 0.726. The largest absolute Gasteiger partial charge is 0.508 e. The maximum atomic E-state index is 9.34. The molecule has 96 valence electrons. The van der Waals surface area contributed by atoms with Crippen LogP contribution in [0.3, 0.4) is 0 Å². The molecule has 1 aliphatic heterocycles. The van der Waals surface area contributed by atoms with Crippen molar-refractivity contribution >= 4 is 28.7 Å². The number of hydrazine groups is 3. The summed E-state index contributed by atoms with van der Waals surface area (Å²) in [6.45, 7) is 0. The highest BCUT2D eigenvalue weighted by molar-refractivity contribution is 7.80. The van der Waals surface area contributed by atoms with Crippen LogP contribution in [0.15, 0.2) is 54.6 Å². The third-order valence-corrected chi connectivity index (χ3v) is 3.03. The molecule has 1 fully saturated rings. The maximum absolute atomic E-state index is 9.34. The molecule has 3 rings (SSSR count). The Hall–Kier alpha value is -2.31. The van der Waals surface area contributed by atoms with Crippen molar-refractivity contribution in [2.45, 2.75) is 0 Å². The Bertz CT molecular complexity index is 587. The number of rotatable bonds is 2. The van der Waals surface area contributed by atoms with E-state index >= 15 is 0 Å². The third kappa shape index (κ3) is 2.18. The summed E-state index contributed by atoms with van der Waals surface area (Å²) in [5, 5.41) is 13.5. The summed E-state index contributed by atoms with van der Waals surface area (Å²) in [6, 6.07) is 16.6. The average Bonchev–Trinajstić information content (AvgIpc) is 2.82. The van der Waals surface area contributed by atoms with Gasteiger partial charge in [0.05, 0.1) is 11.4 Å². The lowest BCUT2D eigenvalue weighted by atomic mass is 10.3. The first-order valence-electron chi connectivity index (χ1n) is 5.75. The van der Waals surface area contributed by atoms with E-state index in [1.807, 2.05) is 35.3 Å². The number of hydrogen-bond donors (Lipinski definition) is 3. The van der Waals surface area contributed by atoms with Crippen LogP contribution in [-0.2, 0) is 0 Å². The van der Waals surface area contributed by atoms with Crippen LogP contribution in [0.2, 0.25) is 0 Å². The zero-order valence-electron chi connectivity index (χ0n) is 9.95. The number of anilines is 2. The van der Waals surface area contributed by atoms with Gasteiger partial charge in [-0.3, -0.25) is 5.43 Å². The first-order chi connectivity index (χ1) is 9.25. The molecule has 0 bridgehead atoms. The molecular formula is C13H12N4OS. The minimum absolute atomic E-state index is 0.227. The lowest BCUT2D eigenvalue weighted by Gasteiger charge is -2.27. The third-order valence-electron chi connectivity index (χ3n) is 2.76. The molecule has 0 radical (unpaired) electrons. The van der Waals surface area contributed by atoms with Crippen LogP contribution in [0.5, 0.6) is 5.75 Å². The van der Waals surface area contributed by atoms with Gasteiger partial charge in [-0.15, -0.1) is 5.53 Å². The van der Waals surface area contributed by atoms with Gasteiger partial charge in [0.15, 0.2) is 0 Å². The van der Waals surface area contributed by atoms with E-state index in [0.717, 1.165) is 11.4 Å². The molecule has 0 aromatic heterocycles. The van der Waals surface area contributed by atoms with E-state index in [1.165, 1.54) is 0 Å². The van der Waals surface area contributed by atoms with Gasteiger partial charge < -0.3 is 5.11 Å². The molecule has 0 aliphatic carbocycles. The Morgan fingerprint density at radius 3 is 2.26 bits per heavy atom. The Labute approximate surface area is 116 Å². The molecular weight excluding hydrogens is 260 g/mol. The first kappa shape index (κ1) is 11.8. The predicted molar refractivity (Wildman–Crippen MR) is 78.4 cm³/mol. The minimum Gasteiger partial charge on any atom is -0.508 e. The van der Waals surface area contributed by atoms with E-state index in [-0.39, 0.29) is 5.75 Å². The van der Waals surface area contributed by atoms with Crippen molar-refractivity contribution in [2.24, 2.45) is 0 Å². The van der Waals surface area contributed by atoms with Crippen LogP contribution in [0, 0.1) is 0 Å². The molecule has 5 nitrogen and oxygen atoms in total. The summed E-state index contributed by atoms with van der Waals surface area (Å²) < 4.78 is 0. The van der Waals surface area contributed by atoms with E-state index in [9.17, 15) is 5.11 Å². The van der Waals surface area contributed by atoms with Crippen molar-refractivity contribution in [3.63, 3.8) is 0 Å². The molecule has 2 aromatic carbocycles. The van der Waals surface area contributed by atoms with E-state index in [4.69, 9.17) is 12.2 Å². The van der Waals surface area contributed by atoms with Crippen LogP contribution in [0.25, 0.3) is 0 Å². The highest BCUT2D eigenvalue weighted by atomic mass is 32.1. The number of phenolic OH excluding ortho intramolecular Hbond substituents is 1. The minimum atomic E-state index is 0.227. The Morgan fingerprint density at radius 1 is 0.895 bits per heavy atom. The highest BCUT2D eigenvalue weighted by Crippen LogP contribution is 2.24. The van der Waals surface area contributed by atoms with E-state index in [0.29, 0.717) is 5.11 Å². The lowest BCUT2D eigenvalue weighted by molar-refractivity contribution is 0.475. The molecule has 1 saturated heterocycles. The zero-order valence-corrected chi connectivity index (χ0v) is 10.8. The monoisotopic (exact) mass is 272 g/mol. The average molecular weight is 272 g/mol. The first-order valence-corrected chi connectivity index (χ1v) is 6.16. The molecule has 0 spiro atoms. The fourth-order valence-corrected chi connectivity index (χ4v) is 2.10. The van der Waals surface area contributed by atoms with E-state index in [1.54, 1.807) is 29.4 Å². The van der Waals surface area contributed by atoms with Gasteiger partial charge >= 0.3 is 0 Å². The number of hydrogen-bond acceptors (Lipinski definition) is 4. The summed E-state index contributed by atoms with van der Waals surface area (Å²) in [4.78, 5) is 0. The SMILES string of the molecule is Oc1ccc(N2NNC(=S)N2c2ccccc2)cc1. The van der Waals surface area contributed by atoms with Crippen LogP contribution in [0.1, 0.15) is 0 Å². The number of benzene rings is 2. The van der Waals surface area contributed by atoms with Gasteiger partial charge in [0.25, 0.3) is 0 Å². The Kier molecular flexibility index (Phi) is 2.94. The number of nitrogens with one attached hydrogen (secondary N) is 2. The molecule has 0 atom stereocenters. The number of phenols is 1. The summed E-state index contributed by atoms with van der Waals surface area (Å²) in [5.41, 5.74) is 7.68. The number of thiocarbonyl (C=S) groups is 1. The van der Waals surface area contributed by atoms with Crippen molar-refractivity contribution in [2.75, 3.05) is 10.1 Å². The number of aromatic hydroxyl groups is 1. The Balaban J connectivity index is 1.97. The van der Waals surface area contributed by atoms with Gasteiger partial charge in [-0.25, -0.2) is 5.01 Å². The number of para-hydroxylation sites is 1. The van der Waals surface area contributed by atoms with Crippen molar-refractivity contribution in [3.8, 4) is 5.75 Å². The van der Waals surface area contributed by atoms with E-state index < -0.39 is 0 Å². The smallest absolute Gasteiger partial charge is 0.210 e.